The van der Waals surface area contributed by atoms with E-state index in [0.717, 1.165) is 0 Å². The number of ether oxygens (including phenoxy) is 1. The molecule has 1 aromatic rings. The van der Waals surface area contributed by atoms with E-state index in [4.69, 9.17) is 15.6 Å². The van der Waals surface area contributed by atoms with E-state index in [9.17, 15) is 4.79 Å². The number of morpholine rings is 1. The van der Waals surface area contributed by atoms with E-state index in [1.807, 2.05) is 0 Å². The molecule has 1 atom stereocenters. The monoisotopic (exact) mass is 240 g/mol. The van der Waals surface area contributed by atoms with Crippen molar-refractivity contribution in [1.82, 2.24) is 14.7 Å². The average molecular weight is 240 g/mol. The van der Waals surface area contributed by atoms with E-state index in [0.29, 0.717) is 25.6 Å². The van der Waals surface area contributed by atoms with Crippen LogP contribution in [0.2, 0.25) is 0 Å². The molecule has 0 bridgehead atoms. The van der Waals surface area contributed by atoms with Gasteiger partial charge in [0.1, 0.15) is 12.4 Å². The zero-order valence-corrected chi connectivity index (χ0v) is 9.45. The van der Waals surface area contributed by atoms with Crippen LogP contribution in [0, 0.1) is 0 Å². The molecule has 3 N–H and O–H groups in total. The first-order chi connectivity index (χ1) is 8.20. The second-order valence-electron chi connectivity index (χ2n) is 3.94. The van der Waals surface area contributed by atoms with Gasteiger partial charge in [0.25, 0.3) is 0 Å². The lowest BCUT2D eigenvalue weighted by molar-refractivity contribution is -0.142. The third-order valence-electron chi connectivity index (χ3n) is 2.72. The number of nitrogens with two attached hydrogens (primary N) is 1. The Kier molecular flexibility index (Phi) is 3.60. The van der Waals surface area contributed by atoms with Crippen molar-refractivity contribution in [3.63, 3.8) is 0 Å². The quantitative estimate of drug-likeness (QED) is 0.684. The summed E-state index contributed by atoms with van der Waals surface area (Å²) < 4.78 is 6.70. The summed E-state index contributed by atoms with van der Waals surface area (Å²) in [5.41, 5.74) is 5.47. The second kappa shape index (κ2) is 5.15. The molecule has 1 aliphatic rings. The summed E-state index contributed by atoms with van der Waals surface area (Å²) in [6.07, 6.45) is 1.65. The predicted molar refractivity (Wildman–Crippen MR) is 60.0 cm³/mol. The Morgan fingerprint density at radius 2 is 2.53 bits per heavy atom. The maximum absolute atomic E-state index is 12.0. The molecule has 1 saturated heterocycles. The Morgan fingerprint density at radius 3 is 3.18 bits per heavy atom. The van der Waals surface area contributed by atoms with Crippen LogP contribution in [0.5, 0.6) is 0 Å². The van der Waals surface area contributed by atoms with Crippen molar-refractivity contribution in [3.8, 4) is 0 Å². The fourth-order valence-electron chi connectivity index (χ4n) is 1.83. The van der Waals surface area contributed by atoms with Crippen LogP contribution in [-0.4, -0.2) is 58.1 Å². The van der Waals surface area contributed by atoms with Crippen LogP contribution >= 0.6 is 0 Å². The van der Waals surface area contributed by atoms with Gasteiger partial charge in [-0.3, -0.25) is 9.48 Å². The molecular weight excluding hydrogens is 224 g/mol. The number of aromatic nitrogens is 2. The molecule has 7 nitrogen and oxygen atoms in total. The van der Waals surface area contributed by atoms with Crippen molar-refractivity contribution in [1.29, 1.82) is 0 Å². The fraction of sp³-hybridized carbons (Fsp3) is 0.600. The minimum absolute atomic E-state index is 0.0875. The Hall–Kier alpha value is -1.60. The Morgan fingerprint density at radius 1 is 1.71 bits per heavy atom. The van der Waals surface area contributed by atoms with Crippen LogP contribution in [0.3, 0.4) is 0 Å². The van der Waals surface area contributed by atoms with Gasteiger partial charge in [-0.05, 0) is 6.07 Å². The number of hydrogen-bond acceptors (Lipinski definition) is 5. The number of carbonyl (C=O) groups is 1. The van der Waals surface area contributed by atoms with Gasteiger partial charge in [-0.15, -0.1) is 0 Å². The molecule has 1 fully saturated rings. The number of rotatable bonds is 3. The molecule has 1 unspecified atom stereocenters. The van der Waals surface area contributed by atoms with Crippen molar-refractivity contribution >= 4 is 11.7 Å². The first kappa shape index (κ1) is 11.9. The number of nitrogen functional groups attached to an aromatic ring is 1. The topological polar surface area (TPSA) is 93.6 Å². The lowest BCUT2D eigenvalue weighted by atomic mass is 10.2. The van der Waals surface area contributed by atoms with Gasteiger partial charge in [0, 0.05) is 12.7 Å². The molecule has 0 radical (unpaired) electrons. The van der Waals surface area contributed by atoms with Crippen LogP contribution in [0.1, 0.15) is 0 Å². The summed E-state index contributed by atoms with van der Waals surface area (Å²) in [5, 5.41) is 13.1. The van der Waals surface area contributed by atoms with E-state index in [1.54, 1.807) is 17.2 Å². The van der Waals surface area contributed by atoms with Crippen molar-refractivity contribution < 1.29 is 14.6 Å². The lowest BCUT2D eigenvalue weighted by Gasteiger charge is -2.34. The summed E-state index contributed by atoms with van der Waals surface area (Å²) in [6, 6.07) is 1.38. The number of amides is 1. The molecule has 2 rings (SSSR count). The highest BCUT2D eigenvalue weighted by Gasteiger charge is 2.26. The first-order valence-corrected chi connectivity index (χ1v) is 5.47. The minimum atomic E-state index is -0.260. The minimum Gasteiger partial charge on any atom is -0.394 e. The Balaban J connectivity index is 1.98. The molecule has 1 amide bonds. The molecule has 2 heterocycles. The van der Waals surface area contributed by atoms with Crippen molar-refractivity contribution in [2.45, 2.75) is 12.6 Å². The highest BCUT2D eigenvalue weighted by Crippen LogP contribution is 2.08. The Labute approximate surface area is 98.8 Å². The molecule has 7 heteroatoms. The van der Waals surface area contributed by atoms with Gasteiger partial charge in [-0.2, -0.15) is 5.10 Å². The lowest BCUT2D eigenvalue weighted by Crippen LogP contribution is -2.51. The van der Waals surface area contributed by atoms with Gasteiger partial charge in [-0.25, -0.2) is 0 Å². The van der Waals surface area contributed by atoms with Gasteiger partial charge in [0.05, 0.1) is 25.9 Å². The molecule has 0 spiro atoms. The third-order valence-corrected chi connectivity index (χ3v) is 2.72. The van der Waals surface area contributed by atoms with Gasteiger partial charge in [-0.1, -0.05) is 0 Å². The molecule has 17 heavy (non-hydrogen) atoms. The molecule has 1 aliphatic heterocycles. The number of carbonyl (C=O) groups excluding carboxylic acids is 1. The van der Waals surface area contributed by atoms with E-state index in [2.05, 4.69) is 5.10 Å². The van der Waals surface area contributed by atoms with Gasteiger partial charge >= 0.3 is 0 Å². The second-order valence-corrected chi connectivity index (χ2v) is 3.94. The first-order valence-electron chi connectivity index (χ1n) is 5.47. The maximum Gasteiger partial charge on any atom is 0.244 e. The summed E-state index contributed by atoms with van der Waals surface area (Å²) in [5.74, 6) is 0.300. The van der Waals surface area contributed by atoms with Crippen molar-refractivity contribution in [2.75, 3.05) is 32.1 Å². The van der Waals surface area contributed by atoms with Gasteiger partial charge in [0.15, 0.2) is 0 Å². The number of anilines is 1. The zero-order valence-electron chi connectivity index (χ0n) is 9.45. The molecule has 0 aromatic carbocycles. The summed E-state index contributed by atoms with van der Waals surface area (Å²) in [6.45, 7) is 1.43. The van der Waals surface area contributed by atoms with Gasteiger partial charge < -0.3 is 20.5 Å². The van der Waals surface area contributed by atoms with Crippen molar-refractivity contribution in [3.05, 3.63) is 12.3 Å². The number of aliphatic hydroxyl groups is 1. The highest BCUT2D eigenvalue weighted by molar-refractivity contribution is 5.76. The van der Waals surface area contributed by atoms with Crippen LogP contribution in [-0.2, 0) is 16.1 Å². The van der Waals surface area contributed by atoms with Crippen LogP contribution in [0.25, 0.3) is 0 Å². The van der Waals surface area contributed by atoms with E-state index in [1.165, 1.54) is 4.68 Å². The third kappa shape index (κ3) is 2.75. The van der Waals surface area contributed by atoms with Crippen LogP contribution < -0.4 is 5.73 Å². The van der Waals surface area contributed by atoms with E-state index < -0.39 is 0 Å². The summed E-state index contributed by atoms with van der Waals surface area (Å²) in [7, 11) is 0. The Bertz CT molecular complexity index is 393. The number of aliphatic hydroxyl groups excluding tert-OH is 1. The SMILES string of the molecule is Nc1ccn(CC(=O)N2CCOCC2CO)n1. The predicted octanol–water partition coefficient (Wildman–Crippen LogP) is -1.31. The molecule has 0 saturated carbocycles. The molecular formula is C10H16N4O3. The zero-order chi connectivity index (χ0) is 12.3. The highest BCUT2D eigenvalue weighted by atomic mass is 16.5. The number of nitrogens with zero attached hydrogens (tertiary/aromatic N) is 3. The smallest absolute Gasteiger partial charge is 0.244 e. The van der Waals surface area contributed by atoms with Crippen LogP contribution in [0.15, 0.2) is 12.3 Å². The van der Waals surface area contributed by atoms with Crippen molar-refractivity contribution in [2.24, 2.45) is 0 Å². The molecule has 0 aliphatic carbocycles. The average Bonchev–Trinajstić information content (AvgIpc) is 2.74. The molecule has 94 valence electrons. The van der Waals surface area contributed by atoms with Gasteiger partial charge in [0.2, 0.25) is 5.91 Å². The number of hydrogen-bond donors (Lipinski definition) is 2. The van der Waals surface area contributed by atoms with Crippen LogP contribution in [0.4, 0.5) is 5.82 Å². The largest absolute Gasteiger partial charge is 0.394 e. The fourth-order valence-corrected chi connectivity index (χ4v) is 1.83. The van der Waals surface area contributed by atoms with E-state index in [-0.39, 0.29) is 25.1 Å². The maximum atomic E-state index is 12.0. The standard InChI is InChI=1S/C10H16N4O3/c11-9-1-2-13(12-9)5-10(16)14-3-4-17-7-8(14)6-15/h1-2,8,15H,3-7H2,(H2,11,12). The summed E-state index contributed by atoms with van der Waals surface area (Å²) in [4.78, 5) is 13.6. The van der Waals surface area contributed by atoms with E-state index >= 15 is 0 Å². The summed E-state index contributed by atoms with van der Waals surface area (Å²) >= 11 is 0. The normalized spacial score (nSPS) is 20.5. The molecule has 1 aromatic heterocycles.